The van der Waals surface area contributed by atoms with E-state index in [4.69, 9.17) is 0 Å². The molecule has 1 heterocycles. The van der Waals surface area contributed by atoms with Gasteiger partial charge in [-0.1, -0.05) is 6.92 Å². The zero-order valence-electron chi connectivity index (χ0n) is 11.8. The van der Waals surface area contributed by atoms with Crippen molar-refractivity contribution >= 4 is 12.3 Å². The van der Waals surface area contributed by atoms with Crippen LogP contribution in [-0.4, -0.2) is 29.1 Å². The highest BCUT2D eigenvalue weighted by molar-refractivity contribution is 5.92. The zero-order chi connectivity index (χ0) is 15.4. The Labute approximate surface area is 121 Å². The first-order valence-electron chi connectivity index (χ1n) is 6.51. The quantitative estimate of drug-likeness (QED) is 0.627. The Bertz CT molecular complexity index is 680. The molecule has 6 heteroatoms. The molecule has 0 fully saturated rings. The van der Waals surface area contributed by atoms with Crippen LogP contribution in [0.15, 0.2) is 24.4 Å². The maximum absolute atomic E-state index is 13.7. The lowest BCUT2D eigenvalue weighted by Gasteiger charge is -2.09. The average Bonchev–Trinajstić information content (AvgIpc) is 2.89. The first-order chi connectivity index (χ1) is 10.1. The van der Waals surface area contributed by atoms with Crippen molar-refractivity contribution in [2.24, 2.45) is 0 Å². The van der Waals surface area contributed by atoms with Gasteiger partial charge in [0.15, 0.2) is 6.29 Å². The Morgan fingerprint density at radius 3 is 2.81 bits per heavy atom. The second kappa shape index (κ2) is 6.30. The van der Waals surface area contributed by atoms with Crippen LogP contribution in [0.3, 0.4) is 0 Å². The molecule has 0 spiro atoms. The van der Waals surface area contributed by atoms with Crippen LogP contribution in [-0.2, 0) is 11.3 Å². The van der Waals surface area contributed by atoms with Crippen molar-refractivity contribution in [3.05, 3.63) is 41.3 Å². The lowest BCUT2D eigenvalue weighted by molar-refractivity contribution is 0.0600. The summed E-state index contributed by atoms with van der Waals surface area (Å²) in [6.07, 6.45) is 2.91. The van der Waals surface area contributed by atoms with Crippen molar-refractivity contribution in [2.45, 2.75) is 19.9 Å². The van der Waals surface area contributed by atoms with Gasteiger partial charge < -0.3 is 4.74 Å². The third-order valence-electron chi connectivity index (χ3n) is 3.02. The lowest BCUT2D eigenvalue weighted by Crippen LogP contribution is -2.05. The Morgan fingerprint density at radius 1 is 1.43 bits per heavy atom. The number of aryl methyl sites for hydroxylation is 1. The van der Waals surface area contributed by atoms with Crippen molar-refractivity contribution in [3.8, 4) is 11.3 Å². The number of carbonyl (C=O) groups excluding carboxylic acids is 2. The van der Waals surface area contributed by atoms with Crippen LogP contribution in [0, 0.1) is 5.82 Å². The molecule has 0 aliphatic rings. The standard InChI is InChI=1S/C15H15FN2O3/c1-3-4-18-14(12(9-19)8-17-18)10-5-11(15(20)21-2)7-13(16)6-10/h5-9H,3-4H2,1-2H3. The largest absolute Gasteiger partial charge is 0.465 e. The van der Waals surface area contributed by atoms with Gasteiger partial charge >= 0.3 is 5.97 Å². The summed E-state index contributed by atoms with van der Waals surface area (Å²) in [5, 5.41) is 4.12. The molecule has 0 bridgehead atoms. The number of hydrogen-bond acceptors (Lipinski definition) is 4. The second-order valence-corrected chi connectivity index (χ2v) is 4.51. The van der Waals surface area contributed by atoms with E-state index in [0.717, 1.165) is 12.5 Å². The number of methoxy groups -OCH3 is 1. The monoisotopic (exact) mass is 290 g/mol. The molecule has 0 atom stereocenters. The Balaban J connectivity index is 2.60. The molecular weight excluding hydrogens is 275 g/mol. The summed E-state index contributed by atoms with van der Waals surface area (Å²) in [5.41, 5.74) is 1.36. The fourth-order valence-corrected chi connectivity index (χ4v) is 2.15. The van der Waals surface area contributed by atoms with Crippen LogP contribution < -0.4 is 0 Å². The van der Waals surface area contributed by atoms with Gasteiger partial charge in [0.2, 0.25) is 0 Å². The smallest absolute Gasteiger partial charge is 0.337 e. The summed E-state index contributed by atoms with van der Waals surface area (Å²) < 4.78 is 20.0. The van der Waals surface area contributed by atoms with E-state index in [2.05, 4.69) is 9.84 Å². The number of aromatic nitrogens is 2. The summed E-state index contributed by atoms with van der Waals surface area (Å²) in [6, 6.07) is 3.85. The lowest BCUT2D eigenvalue weighted by atomic mass is 10.0. The minimum atomic E-state index is -0.634. The summed E-state index contributed by atoms with van der Waals surface area (Å²) in [7, 11) is 1.23. The van der Waals surface area contributed by atoms with Gasteiger partial charge in [-0.15, -0.1) is 0 Å². The number of esters is 1. The molecule has 1 aromatic heterocycles. The molecule has 110 valence electrons. The molecule has 0 saturated carbocycles. The maximum atomic E-state index is 13.7. The highest BCUT2D eigenvalue weighted by atomic mass is 19.1. The van der Waals surface area contributed by atoms with Crippen molar-refractivity contribution < 1.29 is 18.7 Å². The molecule has 0 unspecified atom stereocenters. The number of ether oxygens (including phenoxy) is 1. The molecule has 0 N–H and O–H groups in total. The molecule has 0 aliphatic heterocycles. The van der Waals surface area contributed by atoms with Crippen LogP contribution in [0.2, 0.25) is 0 Å². The first-order valence-corrected chi connectivity index (χ1v) is 6.51. The van der Waals surface area contributed by atoms with Crippen molar-refractivity contribution in [2.75, 3.05) is 7.11 Å². The summed E-state index contributed by atoms with van der Waals surface area (Å²) in [5.74, 6) is -1.21. The van der Waals surface area contributed by atoms with Crippen molar-refractivity contribution in [1.29, 1.82) is 0 Å². The fraction of sp³-hybridized carbons (Fsp3) is 0.267. The minimum Gasteiger partial charge on any atom is -0.465 e. The van der Waals surface area contributed by atoms with Crippen LogP contribution >= 0.6 is 0 Å². The maximum Gasteiger partial charge on any atom is 0.337 e. The predicted molar refractivity (Wildman–Crippen MR) is 74.6 cm³/mol. The van der Waals surface area contributed by atoms with E-state index < -0.39 is 11.8 Å². The van der Waals surface area contributed by atoms with Gasteiger partial charge in [-0.05, 0) is 24.6 Å². The van der Waals surface area contributed by atoms with Gasteiger partial charge in [-0.3, -0.25) is 9.48 Å². The van der Waals surface area contributed by atoms with E-state index in [1.807, 2.05) is 6.92 Å². The normalized spacial score (nSPS) is 10.4. The van der Waals surface area contributed by atoms with E-state index in [1.54, 1.807) is 4.68 Å². The SMILES string of the molecule is CCCn1ncc(C=O)c1-c1cc(F)cc(C(=O)OC)c1. The topological polar surface area (TPSA) is 61.2 Å². The highest BCUT2D eigenvalue weighted by Crippen LogP contribution is 2.25. The number of rotatable bonds is 5. The van der Waals surface area contributed by atoms with E-state index in [1.165, 1.54) is 25.4 Å². The Hall–Kier alpha value is -2.50. The van der Waals surface area contributed by atoms with Gasteiger partial charge in [0.05, 0.1) is 30.1 Å². The molecule has 5 nitrogen and oxygen atoms in total. The van der Waals surface area contributed by atoms with E-state index >= 15 is 0 Å². The highest BCUT2D eigenvalue weighted by Gasteiger charge is 2.16. The third kappa shape index (κ3) is 2.99. The number of carbonyl (C=O) groups is 2. The summed E-state index contributed by atoms with van der Waals surface area (Å²) >= 11 is 0. The minimum absolute atomic E-state index is 0.0913. The second-order valence-electron chi connectivity index (χ2n) is 4.51. The first kappa shape index (κ1) is 14.9. The molecule has 0 amide bonds. The van der Waals surface area contributed by atoms with Gasteiger partial charge in [0, 0.05) is 12.1 Å². The molecule has 0 aliphatic carbocycles. The summed E-state index contributed by atoms with van der Waals surface area (Å²) in [6.45, 7) is 2.56. The molecule has 1 aromatic carbocycles. The average molecular weight is 290 g/mol. The molecule has 0 saturated heterocycles. The number of benzene rings is 1. The van der Waals surface area contributed by atoms with Crippen molar-refractivity contribution in [3.63, 3.8) is 0 Å². The van der Waals surface area contributed by atoms with Gasteiger partial charge in [-0.25, -0.2) is 9.18 Å². The molecule has 2 rings (SSSR count). The summed E-state index contributed by atoms with van der Waals surface area (Å²) in [4.78, 5) is 22.7. The van der Waals surface area contributed by atoms with Gasteiger partial charge in [0.25, 0.3) is 0 Å². The number of hydrogen-bond donors (Lipinski definition) is 0. The van der Waals surface area contributed by atoms with Crippen molar-refractivity contribution in [1.82, 2.24) is 9.78 Å². The van der Waals surface area contributed by atoms with Crippen LogP contribution in [0.1, 0.15) is 34.1 Å². The van der Waals surface area contributed by atoms with E-state index in [-0.39, 0.29) is 5.56 Å². The molecule has 2 aromatic rings. The zero-order valence-corrected chi connectivity index (χ0v) is 11.8. The Kier molecular flexibility index (Phi) is 4.47. The molecule has 21 heavy (non-hydrogen) atoms. The predicted octanol–water partition coefficient (Wildman–Crippen LogP) is 2.70. The molecular formula is C15H15FN2O3. The number of nitrogens with zero attached hydrogens (tertiary/aromatic N) is 2. The number of aldehydes is 1. The van der Waals surface area contributed by atoms with Gasteiger partial charge in [-0.2, -0.15) is 5.10 Å². The molecule has 0 radical (unpaired) electrons. The van der Waals surface area contributed by atoms with Crippen LogP contribution in [0.25, 0.3) is 11.3 Å². The van der Waals surface area contributed by atoms with Gasteiger partial charge in [0.1, 0.15) is 5.82 Å². The van der Waals surface area contributed by atoms with E-state index in [9.17, 15) is 14.0 Å². The van der Waals surface area contributed by atoms with E-state index in [0.29, 0.717) is 29.7 Å². The fourth-order valence-electron chi connectivity index (χ4n) is 2.15. The Morgan fingerprint density at radius 2 is 2.19 bits per heavy atom. The van der Waals surface area contributed by atoms with Crippen LogP contribution in [0.4, 0.5) is 4.39 Å². The third-order valence-corrected chi connectivity index (χ3v) is 3.02. The van der Waals surface area contributed by atoms with Crippen LogP contribution in [0.5, 0.6) is 0 Å². The number of halogens is 1.